The van der Waals surface area contributed by atoms with Crippen LogP contribution in [0.25, 0.3) is 16.8 Å². The van der Waals surface area contributed by atoms with Gasteiger partial charge in [-0.25, -0.2) is 13.2 Å². The zero-order chi connectivity index (χ0) is 19.9. The molecule has 2 heterocycles. The fourth-order valence-corrected chi connectivity index (χ4v) is 4.30. The maximum absolute atomic E-state index is 12.8. The van der Waals surface area contributed by atoms with Crippen LogP contribution < -0.4 is 10.5 Å². The van der Waals surface area contributed by atoms with Gasteiger partial charge in [0.15, 0.2) is 10.7 Å². The predicted octanol–water partition coefficient (Wildman–Crippen LogP) is 2.23. The quantitative estimate of drug-likeness (QED) is 0.496. The summed E-state index contributed by atoms with van der Waals surface area (Å²) < 4.78 is 36.3. The molecule has 0 unspecified atom stereocenters. The van der Waals surface area contributed by atoms with E-state index in [0.29, 0.717) is 16.4 Å². The van der Waals surface area contributed by atoms with Gasteiger partial charge in [0.2, 0.25) is 0 Å². The molecule has 1 N–H and O–H groups in total. The molecule has 0 amide bonds. The van der Waals surface area contributed by atoms with Crippen LogP contribution in [0.3, 0.4) is 0 Å². The molecule has 144 valence electrons. The van der Waals surface area contributed by atoms with Gasteiger partial charge in [-0.3, -0.25) is 13.9 Å². The topological polar surface area (TPSA) is 112 Å². The fraction of sp³-hybridized carbons (Fsp3) is 0.118. The number of sulfonamides is 1. The maximum atomic E-state index is 12.8. The van der Waals surface area contributed by atoms with Gasteiger partial charge in [0.05, 0.1) is 21.8 Å². The first-order valence-corrected chi connectivity index (χ1v) is 10.8. The van der Waals surface area contributed by atoms with Crippen molar-refractivity contribution in [1.82, 2.24) is 19.3 Å². The first-order valence-electron chi connectivity index (χ1n) is 8.06. The van der Waals surface area contributed by atoms with Gasteiger partial charge in [-0.1, -0.05) is 17.8 Å². The third kappa shape index (κ3) is 3.18. The van der Waals surface area contributed by atoms with Crippen molar-refractivity contribution in [2.75, 3.05) is 11.0 Å². The number of aryl methyl sites for hydroxylation is 1. The van der Waals surface area contributed by atoms with Crippen LogP contribution in [0.2, 0.25) is 0 Å². The van der Waals surface area contributed by atoms with Gasteiger partial charge in [0, 0.05) is 13.1 Å². The molecule has 0 fully saturated rings. The molecule has 2 aromatic carbocycles. The second-order valence-corrected chi connectivity index (χ2v) is 8.36. The number of nitrogens with zero attached hydrogens (tertiary/aromatic N) is 4. The summed E-state index contributed by atoms with van der Waals surface area (Å²) in [7, 11) is -2.32. The maximum Gasteiger partial charge on any atom is 0.419 e. The number of oxazole rings is 1. The molecule has 0 aliphatic rings. The van der Waals surface area contributed by atoms with Crippen molar-refractivity contribution in [2.24, 2.45) is 7.05 Å². The van der Waals surface area contributed by atoms with Crippen LogP contribution >= 0.6 is 11.8 Å². The molecule has 0 atom stereocenters. The second-order valence-electron chi connectivity index (χ2n) is 5.90. The molecule has 4 aromatic rings. The van der Waals surface area contributed by atoms with Crippen molar-refractivity contribution in [2.45, 2.75) is 10.1 Å². The smallest absolute Gasteiger partial charge is 0.408 e. The number of benzene rings is 2. The molecule has 11 heteroatoms. The van der Waals surface area contributed by atoms with E-state index in [-0.39, 0.29) is 10.5 Å². The summed E-state index contributed by atoms with van der Waals surface area (Å²) in [5, 5.41) is 8.56. The van der Waals surface area contributed by atoms with Crippen LogP contribution in [0.15, 0.2) is 68.1 Å². The van der Waals surface area contributed by atoms with Crippen molar-refractivity contribution in [3.05, 3.63) is 59.3 Å². The summed E-state index contributed by atoms with van der Waals surface area (Å²) in [4.78, 5) is 11.6. The summed E-state index contributed by atoms with van der Waals surface area (Å²) in [6.07, 6.45) is 3.44. The molecule has 0 saturated heterocycles. The molecule has 0 aliphatic heterocycles. The second kappa shape index (κ2) is 6.84. The van der Waals surface area contributed by atoms with Crippen molar-refractivity contribution >= 4 is 38.6 Å². The van der Waals surface area contributed by atoms with E-state index >= 15 is 0 Å². The van der Waals surface area contributed by atoms with Crippen LogP contribution in [-0.2, 0) is 17.1 Å². The lowest BCUT2D eigenvalue weighted by molar-refractivity contribution is 0.527. The Labute approximate surface area is 164 Å². The molecule has 9 nitrogen and oxygen atoms in total. The lowest BCUT2D eigenvalue weighted by Gasteiger charge is -2.10. The lowest BCUT2D eigenvalue weighted by Crippen LogP contribution is -2.13. The largest absolute Gasteiger partial charge is 0.419 e. The summed E-state index contributed by atoms with van der Waals surface area (Å²) >= 11 is 1.43. The summed E-state index contributed by atoms with van der Waals surface area (Å²) in [6.45, 7) is 0. The van der Waals surface area contributed by atoms with Gasteiger partial charge in [-0.15, -0.1) is 10.2 Å². The Morgan fingerprint density at radius 1 is 1.18 bits per heavy atom. The van der Waals surface area contributed by atoms with Gasteiger partial charge >= 0.3 is 5.76 Å². The van der Waals surface area contributed by atoms with Gasteiger partial charge in [0.25, 0.3) is 10.0 Å². The summed E-state index contributed by atoms with van der Waals surface area (Å²) in [6, 6.07) is 11.2. The summed E-state index contributed by atoms with van der Waals surface area (Å²) in [5.74, 6) is -0.552. The normalized spacial score (nSPS) is 11.8. The van der Waals surface area contributed by atoms with Crippen molar-refractivity contribution < 1.29 is 12.8 Å². The fourth-order valence-electron chi connectivity index (χ4n) is 2.76. The Morgan fingerprint density at radius 3 is 2.79 bits per heavy atom. The molecule has 4 rings (SSSR count). The van der Waals surface area contributed by atoms with Crippen molar-refractivity contribution in [1.29, 1.82) is 0 Å². The van der Waals surface area contributed by atoms with Gasteiger partial charge in [-0.05, 0) is 36.6 Å². The highest BCUT2D eigenvalue weighted by molar-refractivity contribution is 7.98. The highest BCUT2D eigenvalue weighted by Crippen LogP contribution is 2.23. The minimum Gasteiger partial charge on any atom is -0.408 e. The monoisotopic (exact) mass is 417 g/mol. The Bertz CT molecular complexity index is 1340. The van der Waals surface area contributed by atoms with Crippen LogP contribution in [0.4, 0.5) is 5.69 Å². The zero-order valence-electron chi connectivity index (χ0n) is 14.9. The minimum atomic E-state index is -3.88. The van der Waals surface area contributed by atoms with Crippen LogP contribution in [0.1, 0.15) is 0 Å². The first-order chi connectivity index (χ1) is 13.4. The van der Waals surface area contributed by atoms with Gasteiger partial charge < -0.3 is 4.42 Å². The number of aromatic nitrogens is 4. The van der Waals surface area contributed by atoms with Crippen molar-refractivity contribution in [3.63, 3.8) is 0 Å². The number of thioether (sulfide) groups is 1. The van der Waals surface area contributed by atoms with Crippen LogP contribution in [0, 0.1) is 0 Å². The number of anilines is 1. The highest BCUT2D eigenvalue weighted by atomic mass is 32.2. The molecule has 0 radical (unpaired) electrons. The van der Waals surface area contributed by atoms with E-state index in [1.165, 1.54) is 34.5 Å². The highest BCUT2D eigenvalue weighted by Gasteiger charge is 2.17. The number of hydrogen-bond acceptors (Lipinski definition) is 7. The molecule has 0 spiro atoms. The predicted molar refractivity (Wildman–Crippen MR) is 105 cm³/mol. The van der Waals surface area contributed by atoms with E-state index in [9.17, 15) is 13.2 Å². The molecule has 0 aliphatic carbocycles. The van der Waals surface area contributed by atoms with Crippen molar-refractivity contribution in [3.8, 4) is 5.69 Å². The lowest BCUT2D eigenvalue weighted by atomic mass is 10.3. The number of hydrogen-bond donors (Lipinski definition) is 1. The molecule has 0 saturated carbocycles. The molecule has 28 heavy (non-hydrogen) atoms. The average molecular weight is 417 g/mol. The first kappa shape index (κ1) is 18.3. The van der Waals surface area contributed by atoms with Crippen LogP contribution in [0.5, 0.6) is 0 Å². The molecule has 0 bridgehead atoms. The number of nitrogens with one attached hydrogen (secondary N) is 1. The number of fused-ring (bicyclic) bond motifs is 1. The standard InChI is InChI=1S/C17H15N5O4S2/c1-21-14-7-6-13(9-15(14)26-17(21)23)28(24,25)20-11-4-3-5-12(8-11)22-10-18-19-16(22)27-2/h3-10,20H,1-2H3. The molecular weight excluding hydrogens is 402 g/mol. The van der Waals surface area contributed by atoms with E-state index in [1.54, 1.807) is 36.1 Å². The zero-order valence-corrected chi connectivity index (χ0v) is 16.5. The van der Waals surface area contributed by atoms with E-state index in [2.05, 4.69) is 14.9 Å². The SMILES string of the molecule is CSc1nncn1-c1cccc(NS(=O)(=O)c2ccc3c(c2)oc(=O)n3C)c1. The summed E-state index contributed by atoms with van der Waals surface area (Å²) in [5.41, 5.74) is 1.83. The Morgan fingerprint density at radius 2 is 2.00 bits per heavy atom. The van der Waals surface area contributed by atoms with Gasteiger partial charge in [0.1, 0.15) is 6.33 Å². The third-order valence-electron chi connectivity index (χ3n) is 4.15. The molecular formula is C17H15N5O4S2. The van der Waals surface area contributed by atoms with E-state index in [0.717, 1.165) is 5.69 Å². The van der Waals surface area contributed by atoms with E-state index in [4.69, 9.17) is 4.42 Å². The van der Waals surface area contributed by atoms with E-state index in [1.807, 2.05) is 12.3 Å². The third-order valence-corrected chi connectivity index (χ3v) is 6.17. The Balaban J connectivity index is 1.68. The Hall–Kier alpha value is -3.05. The van der Waals surface area contributed by atoms with Gasteiger partial charge in [-0.2, -0.15) is 0 Å². The van der Waals surface area contributed by atoms with Crippen LogP contribution in [-0.4, -0.2) is 34.0 Å². The molecule has 2 aromatic heterocycles. The Kier molecular flexibility index (Phi) is 4.47. The van der Waals surface area contributed by atoms with E-state index < -0.39 is 15.8 Å². The average Bonchev–Trinajstić information content (AvgIpc) is 3.26. The number of rotatable bonds is 5. The minimum absolute atomic E-state index is 0.00569.